The highest BCUT2D eigenvalue weighted by Gasteiger charge is 2.29. The fourth-order valence-electron chi connectivity index (χ4n) is 2.95. The van der Waals surface area contributed by atoms with Gasteiger partial charge in [-0.3, -0.25) is 14.7 Å². The summed E-state index contributed by atoms with van der Waals surface area (Å²) in [4.78, 5) is 27.8. The molecule has 3 rings (SSSR count). The standard InChI is InChI=1S/C18H24N4O2S/c1-11(2)4-7-19-17(23)15-13-10-22(8-5-14(13)20-21-15)18(24)16-12(3)6-9-25-16/h6,9,11H,4-5,7-8,10H2,1-3H3,(H,19,23)(H,20,21). The number of thiophene rings is 1. The van der Waals surface area contributed by atoms with Crippen LogP contribution in [0.15, 0.2) is 11.4 Å². The van der Waals surface area contributed by atoms with Crippen LogP contribution < -0.4 is 5.32 Å². The van der Waals surface area contributed by atoms with Crippen LogP contribution in [0.3, 0.4) is 0 Å². The summed E-state index contributed by atoms with van der Waals surface area (Å²) in [5.74, 6) is 0.404. The molecule has 0 fully saturated rings. The first kappa shape index (κ1) is 17.7. The Morgan fingerprint density at radius 2 is 2.24 bits per heavy atom. The second-order valence-electron chi connectivity index (χ2n) is 6.88. The fourth-order valence-corrected chi connectivity index (χ4v) is 3.84. The smallest absolute Gasteiger partial charge is 0.272 e. The van der Waals surface area contributed by atoms with Crippen molar-refractivity contribution in [3.05, 3.63) is 38.8 Å². The van der Waals surface area contributed by atoms with Gasteiger partial charge in [0.25, 0.3) is 11.8 Å². The fraction of sp³-hybridized carbons (Fsp3) is 0.500. The van der Waals surface area contributed by atoms with Gasteiger partial charge in [0.05, 0.1) is 11.4 Å². The van der Waals surface area contributed by atoms with Crippen LogP contribution in [0.1, 0.15) is 57.2 Å². The van der Waals surface area contributed by atoms with E-state index in [2.05, 4.69) is 29.4 Å². The van der Waals surface area contributed by atoms with Gasteiger partial charge in [-0.05, 0) is 36.3 Å². The predicted octanol–water partition coefficient (Wildman–Crippen LogP) is 2.75. The third kappa shape index (κ3) is 3.76. The van der Waals surface area contributed by atoms with Crippen LogP contribution in [-0.4, -0.2) is 40.0 Å². The summed E-state index contributed by atoms with van der Waals surface area (Å²) in [6.45, 7) is 7.89. The summed E-state index contributed by atoms with van der Waals surface area (Å²) in [6.07, 6.45) is 1.62. The van der Waals surface area contributed by atoms with Crippen molar-refractivity contribution in [3.8, 4) is 0 Å². The lowest BCUT2D eigenvalue weighted by Crippen LogP contribution is -2.37. The van der Waals surface area contributed by atoms with Crippen molar-refractivity contribution in [2.75, 3.05) is 13.1 Å². The highest BCUT2D eigenvalue weighted by Crippen LogP contribution is 2.24. The van der Waals surface area contributed by atoms with Crippen LogP contribution in [0.5, 0.6) is 0 Å². The highest BCUT2D eigenvalue weighted by atomic mass is 32.1. The summed E-state index contributed by atoms with van der Waals surface area (Å²) in [7, 11) is 0. The largest absolute Gasteiger partial charge is 0.351 e. The van der Waals surface area contributed by atoms with Crippen molar-refractivity contribution in [2.45, 2.75) is 40.2 Å². The molecule has 1 aliphatic rings. The molecule has 7 heteroatoms. The molecule has 0 atom stereocenters. The van der Waals surface area contributed by atoms with Gasteiger partial charge in [0, 0.05) is 30.8 Å². The zero-order chi connectivity index (χ0) is 18.0. The van der Waals surface area contributed by atoms with Gasteiger partial charge in [-0.2, -0.15) is 5.10 Å². The molecule has 0 aromatic carbocycles. The number of fused-ring (bicyclic) bond motifs is 1. The Balaban J connectivity index is 1.72. The molecule has 1 aliphatic heterocycles. The zero-order valence-electron chi connectivity index (χ0n) is 14.9. The van der Waals surface area contributed by atoms with E-state index in [0.29, 0.717) is 37.7 Å². The van der Waals surface area contributed by atoms with Gasteiger partial charge in [0.2, 0.25) is 0 Å². The second-order valence-corrected chi connectivity index (χ2v) is 7.79. The van der Waals surface area contributed by atoms with Crippen LogP contribution in [0.4, 0.5) is 0 Å². The minimum Gasteiger partial charge on any atom is -0.351 e. The van der Waals surface area contributed by atoms with E-state index in [9.17, 15) is 9.59 Å². The van der Waals surface area contributed by atoms with Crippen molar-refractivity contribution in [2.24, 2.45) is 5.92 Å². The van der Waals surface area contributed by atoms with Crippen molar-refractivity contribution >= 4 is 23.2 Å². The molecule has 3 heterocycles. The molecule has 0 aliphatic carbocycles. The maximum atomic E-state index is 12.7. The maximum absolute atomic E-state index is 12.7. The molecular formula is C18H24N4O2S. The number of carbonyl (C=O) groups is 2. The number of aromatic amines is 1. The Morgan fingerprint density at radius 1 is 1.44 bits per heavy atom. The third-order valence-electron chi connectivity index (χ3n) is 4.50. The molecule has 0 bridgehead atoms. The second kappa shape index (κ2) is 7.39. The summed E-state index contributed by atoms with van der Waals surface area (Å²) in [6, 6.07) is 1.96. The van der Waals surface area contributed by atoms with Crippen LogP contribution >= 0.6 is 11.3 Å². The van der Waals surface area contributed by atoms with Crippen LogP contribution in [0.25, 0.3) is 0 Å². The van der Waals surface area contributed by atoms with Gasteiger partial charge in [0.15, 0.2) is 5.69 Å². The number of amides is 2. The highest BCUT2D eigenvalue weighted by molar-refractivity contribution is 7.12. The van der Waals surface area contributed by atoms with Crippen LogP contribution in [0, 0.1) is 12.8 Å². The van der Waals surface area contributed by atoms with Gasteiger partial charge in [-0.1, -0.05) is 13.8 Å². The lowest BCUT2D eigenvalue weighted by atomic mass is 10.0. The SMILES string of the molecule is Cc1ccsc1C(=O)N1CCc2[nH]nc(C(=O)NCCC(C)C)c2C1. The third-order valence-corrected chi connectivity index (χ3v) is 5.50. The zero-order valence-corrected chi connectivity index (χ0v) is 15.7. The molecule has 2 aromatic heterocycles. The number of aryl methyl sites for hydroxylation is 1. The molecule has 2 amide bonds. The molecule has 0 radical (unpaired) electrons. The minimum absolute atomic E-state index is 0.0329. The molecule has 134 valence electrons. The number of hydrogen-bond donors (Lipinski definition) is 2. The molecule has 6 nitrogen and oxygen atoms in total. The van der Waals surface area contributed by atoms with Gasteiger partial charge in [-0.15, -0.1) is 11.3 Å². The van der Waals surface area contributed by atoms with E-state index in [1.807, 2.05) is 23.3 Å². The normalized spacial score (nSPS) is 13.8. The molecule has 2 N–H and O–H groups in total. The average molecular weight is 360 g/mol. The first-order valence-corrected chi connectivity index (χ1v) is 9.53. The monoisotopic (exact) mass is 360 g/mol. The Labute approximate surface area is 151 Å². The summed E-state index contributed by atoms with van der Waals surface area (Å²) in [5.41, 5.74) is 3.22. The summed E-state index contributed by atoms with van der Waals surface area (Å²) in [5, 5.41) is 12.0. The van der Waals surface area contributed by atoms with Crippen molar-refractivity contribution in [1.82, 2.24) is 20.4 Å². The quantitative estimate of drug-likeness (QED) is 0.861. The van der Waals surface area contributed by atoms with Crippen molar-refractivity contribution in [3.63, 3.8) is 0 Å². The van der Waals surface area contributed by atoms with Crippen LogP contribution in [0.2, 0.25) is 0 Å². The topological polar surface area (TPSA) is 78.1 Å². The van der Waals surface area contributed by atoms with E-state index in [4.69, 9.17) is 0 Å². The first-order chi connectivity index (χ1) is 12.0. The number of aromatic nitrogens is 2. The summed E-state index contributed by atoms with van der Waals surface area (Å²) < 4.78 is 0. The van der Waals surface area contributed by atoms with Gasteiger partial charge in [-0.25, -0.2) is 0 Å². The lowest BCUT2D eigenvalue weighted by molar-refractivity contribution is 0.0735. The molecule has 0 spiro atoms. The van der Waals surface area contributed by atoms with E-state index in [1.165, 1.54) is 11.3 Å². The summed E-state index contributed by atoms with van der Waals surface area (Å²) >= 11 is 1.46. The van der Waals surface area contributed by atoms with E-state index < -0.39 is 0 Å². The van der Waals surface area contributed by atoms with E-state index in [-0.39, 0.29) is 11.8 Å². The maximum Gasteiger partial charge on any atom is 0.272 e. The van der Waals surface area contributed by atoms with Gasteiger partial charge >= 0.3 is 0 Å². The molecular weight excluding hydrogens is 336 g/mol. The number of carbonyl (C=O) groups excluding carboxylic acids is 2. The van der Waals surface area contributed by atoms with E-state index in [1.54, 1.807) is 0 Å². The first-order valence-electron chi connectivity index (χ1n) is 8.65. The Bertz CT molecular complexity index is 778. The van der Waals surface area contributed by atoms with Gasteiger partial charge in [0.1, 0.15) is 0 Å². The van der Waals surface area contributed by atoms with Gasteiger partial charge < -0.3 is 10.2 Å². The van der Waals surface area contributed by atoms with Crippen LogP contribution in [-0.2, 0) is 13.0 Å². The van der Waals surface area contributed by atoms with Crippen molar-refractivity contribution in [1.29, 1.82) is 0 Å². The predicted molar refractivity (Wildman–Crippen MR) is 97.9 cm³/mol. The Hall–Kier alpha value is -2.15. The Morgan fingerprint density at radius 3 is 2.92 bits per heavy atom. The average Bonchev–Trinajstić information content (AvgIpc) is 3.19. The number of nitrogens with zero attached hydrogens (tertiary/aromatic N) is 2. The van der Waals surface area contributed by atoms with Crippen molar-refractivity contribution < 1.29 is 9.59 Å². The van der Waals surface area contributed by atoms with E-state index in [0.717, 1.165) is 28.1 Å². The number of H-pyrrole nitrogens is 1. The number of hydrogen-bond acceptors (Lipinski definition) is 4. The lowest BCUT2D eigenvalue weighted by Gasteiger charge is -2.27. The molecule has 25 heavy (non-hydrogen) atoms. The molecule has 0 saturated heterocycles. The van der Waals surface area contributed by atoms with E-state index >= 15 is 0 Å². The number of rotatable bonds is 5. The Kier molecular flexibility index (Phi) is 5.22. The number of nitrogens with one attached hydrogen (secondary N) is 2. The minimum atomic E-state index is -0.167. The molecule has 0 saturated carbocycles. The molecule has 0 unspecified atom stereocenters. The molecule has 2 aromatic rings.